The first-order valence-corrected chi connectivity index (χ1v) is 7.08. The quantitative estimate of drug-likeness (QED) is 0.804. The van der Waals surface area contributed by atoms with Crippen LogP contribution in [0.4, 0.5) is 15.8 Å². The number of fused-ring (bicyclic) bond motifs is 1. The largest absolute Gasteiger partial charge is 0.398 e. The molecule has 1 heterocycles. The molecule has 3 N–H and O–H groups in total. The molecule has 0 bridgehead atoms. The van der Waals surface area contributed by atoms with Gasteiger partial charge in [0.15, 0.2) is 5.82 Å². The molecule has 0 aliphatic rings. The zero-order valence-corrected chi connectivity index (χ0v) is 12.3. The van der Waals surface area contributed by atoms with E-state index in [2.05, 4.69) is 31.1 Å². The molecule has 0 amide bonds. The number of nitrogens with zero attached hydrogens (tertiary/aromatic N) is 1. The first kappa shape index (κ1) is 14.6. The van der Waals surface area contributed by atoms with E-state index in [0.29, 0.717) is 22.8 Å². The Bertz CT molecular complexity index is 596. The minimum atomic E-state index is -0.343. The Balaban J connectivity index is 2.29. The first-order chi connectivity index (χ1) is 9.49. The van der Waals surface area contributed by atoms with E-state index in [9.17, 15) is 4.39 Å². The summed E-state index contributed by atoms with van der Waals surface area (Å²) in [5.41, 5.74) is 7.32. The Morgan fingerprint density at radius 2 is 2.05 bits per heavy atom. The van der Waals surface area contributed by atoms with Gasteiger partial charge in [-0.3, -0.25) is 4.98 Å². The van der Waals surface area contributed by atoms with Crippen molar-refractivity contribution in [2.75, 3.05) is 11.1 Å². The lowest BCUT2D eigenvalue weighted by Crippen LogP contribution is -2.17. The molecule has 2 aromatic rings. The van der Waals surface area contributed by atoms with E-state index < -0.39 is 0 Å². The average Bonchev–Trinajstić information content (AvgIpc) is 2.41. The monoisotopic (exact) mass is 275 g/mol. The maximum absolute atomic E-state index is 14.2. The molecule has 20 heavy (non-hydrogen) atoms. The number of pyridine rings is 1. The van der Waals surface area contributed by atoms with Crippen LogP contribution < -0.4 is 11.1 Å². The number of nitrogens with two attached hydrogens (primary N) is 1. The highest BCUT2D eigenvalue weighted by Gasteiger charge is 2.14. The van der Waals surface area contributed by atoms with Crippen molar-refractivity contribution < 1.29 is 4.39 Å². The van der Waals surface area contributed by atoms with Crippen LogP contribution >= 0.6 is 0 Å². The Kier molecular flexibility index (Phi) is 4.42. The Labute approximate surface area is 119 Å². The van der Waals surface area contributed by atoms with Crippen molar-refractivity contribution in [3.63, 3.8) is 0 Å². The molecular formula is C16H22FN3. The predicted octanol–water partition coefficient (Wildman–Crippen LogP) is 4.19. The molecule has 1 unspecified atom stereocenters. The number of anilines is 2. The molecule has 0 spiro atoms. The van der Waals surface area contributed by atoms with Gasteiger partial charge in [0, 0.05) is 23.3 Å². The summed E-state index contributed by atoms with van der Waals surface area (Å²) >= 11 is 0. The minimum absolute atomic E-state index is 0.195. The standard InChI is InChI=1S/C16H22FN3/c1-10(2)6-7-11(3)20-16-13(17)9-14(18)12-5-4-8-19-15(12)16/h4-5,8-11,20H,6-7,18H2,1-3H3. The second-order valence-corrected chi connectivity index (χ2v) is 5.74. The van der Waals surface area contributed by atoms with Crippen LogP contribution in [0.2, 0.25) is 0 Å². The SMILES string of the molecule is CC(C)CCC(C)Nc1c(F)cc(N)c2cccnc12. The van der Waals surface area contributed by atoms with Gasteiger partial charge < -0.3 is 11.1 Å². The zero-order valence-electron chi connectivity index (χ0n) is 12.3. The Morgan fingerprint density at radius 1 is 1.30 bits per heavy atom. The summed E-state index contributed by atoms with van der Waals surface area (Å²) in [4.78, 5) is 4.27. The summed E-state index contributed by atoms with van der Waals surface area (Å²) in [5, 5.41) is 4.03. The number of aromatic nitrogens is 1. The molecular weight excluding hydrogens is 253 g/mol. The number of nitrogen functional groups attached to an aromatic ring is 1. The molecule has 3 nitrogen and oxygen atoms in total. The van der Waals surface area contributed by atoms with Crippen LogP contribution in [0.15, 0.2) is 24.4 Å². The van der Waals surface area contributed by atoms with Gasteiger partial charge in [-0.05, 0) is 43.9 Å². The first-order valence-electron chi connectivity index (χ1n) is 7.08. The molecule has 0 fully saturated rings. The molecule has 0 saturated heterocycles. The van der Waals surface area contributed by atoms with Gasteiger partial charge >= 0.3 is 0 Å². The number of halogens is 1. The lowest BCUT2D eigenvalue weighted by Gasteiger charge is -2.18. The highest BCUT2D eigenvalue weighted by atomic mass is 19.1. The fraction of sp³-hybridized carbons (Fsp3) is 0.438. The third-order valence-corrected chi connectivity index (χ3v) is 3.44. The van der Waals surface area contributed by atoms with E-state index in [-0.39, 0.29) is 11.9 Å². The third-order valence-electron chi connectivity index (χ3n) is 3.44. The van der Waals surface area contributed by atoms with Crippen LogP contribution in [0.25, 0.3) is 10.9 Å². The molecule has 1 atom stereocenters. The minimum Gasteiger partial charge on any atom is -0.398 e. The lowest BCUT2D eigenvalue weighted by molar-refractivity contribution is 0.526. The Hall–Kier alpha value is -1.84. The van der Waals surface area contributed by atoms with Gasteiger partial charge in [-0.1, -0.05) is 13.8 Å². The third kappa shape index (κ3) is 3.18. The van der Waals surface area contributed by atoms with E-state index in [0.717, 1.165) is 18.2 Å². The van der Waals surface area contributed by atoms with Gasteiger partial charge in [0.05, 0.1) is 11.2 Å². The summed E-state index contributed by atoms with van der Waals surface area (Å²) in [7, 11) is 0. The molecule has 0 radical (unpaired) electrons. The summed E-state index contributed by atoms with van der Waals surface area (Å²) in [6.07, 6.45) is 3.76. The summed E-state index contributed by atoms with van der Waals surface area (Å²) in [6, 6.07) is 5.23. The fourth-order valence-corrected chi connectivity index (χ4v) is 2.28. The number of nitrogens with one attached hydrogen (secondary N) is 1. The van der Waals surface area contributed by atoms with Crippen LogP contribution in [0.5, 0.6) is 0 Å². The number of hydrogen-bond donors (Lipinski definition) is 2. The molecule has 0 aliphatic carbocycles. The molecule has 4 heteroatoms. The number of hydrogen-bond acceptors (Lipinski definition) is 3. The van der Waals surface area contributed by atoms with Gasteiger partial charge in [-0.2, -0.15) is 0 Å². The second-order valence-electron chi connectivity index (χ2n) is 5.74. The number of benzene rings is 1. The smallest absolute Gasteiger partial charge is 0.150 e. The van der Waals surface area contributed by atoms with Crippen molar-refractivity contribution in [2.24, 2.45) is 5.92 Å². The highest BCUT2D eigenvalue weighted by molar-refractivity contribution is 5.98. The van der Waals surface area contributed by atoms with Crippen LogP contribution in [0.1, 0.15) is 33.6 Å². The van der Waals surface area contributed by atoms with E-state index in [1.165, 1.54) is 6.07 Å². The van der Waals surface area contributed by atoms with E-state index in [1.54, 1.807) is 6.20 Å². The van der Waals surface area contributed by atoms with Crippen molar-refractivity contribution in [1.82, 2.24) is 4.98 Å². The lowest BCUT2D eigenvalue weighted by atomic mass is 10.0. The van der Waals surface area contributed by atoms with Crippen molar-refractivity contribution in [3.05, 3.63) is 30.2 Å². The second kappa shape index (κ2) is 6.07. The predicted molar refractivity (Wildman–Crippen MR) is 83.3 cm³/mol. The van der Waals surface area contributed by atoms with Crippen molar-refractivity contribution in [3.8, 4) is 0 Å². The zero-order chi connectivity index (χ0) is 14.7. The molecule has 2 rings (SSSR count). The number of rotatable bonds is 5. The van der Waals surface area contributed by atoms with Gasteiger partial charge in [-0.15, -0.1) is 0 Å². The van der Waals surface area contributed by atoms with E-state index in [1.807, 2.05) is 12.1 Å². The molecule has 1 aromatic heterocycles. The van der Waals surface area contributed by atoms with Gasteiger partial charge in [0.2, 0.25) is 0 Å². The maximum Gasteiger partial charge on any atom is 0.150 e. The normalized spacial score (nSPS) is 12.8. The van der Waals surface area contributed by atoms with Crippen molar-refractivity contribution in [2.45, 2.75) is 39.7 Å². The molecule has 0 aliphatic heterocycles. The van der Waals surface area contributed by atoms with Crippen LogP contribution in [0.3, 0.4) is 0 Å². The van der Waals surface area contributed by atoms with Crippen molar-refractivity contribution >= 4 is 22.3 Å². The van der Waals surface area contributed by atoms with E-state index in [4.69, 9.17) is 5.73 Å². The topological polar surface area (TPSA) is 50.9 Å². The van der Waals surface area contributed by atoms with Gasteiger partial charge in [-0.25, -0.2) is 4.39 Å². The summed E-state index contributed by atoms with van der Waals surface area (Å²) in [5.74, 6) is 0.301. The molecule has 108 valence electrons. The Morgan fingerprint density at radius 3 is 2.75 bits per heavy atom. The van der Waals surface area contributed by atoms with Crippen LogP contribution in [0, 0.1) is 11.7 Å². The van der Waals surface area contributed by atoms with Crippen LogP contribution in [-0.2, 0) is 0 Å². The van der Waals surface area contributed by atoms with Crippen molar-refractivity contribution in [1.29, 1.82) is 0 Å². The fourth-order valence-electron chi connectivity index (χ4n) is 2.28. The van der Waals surface area contributed by atoms with Gasteiger partial charge in [0.1, 0.15) is 0 Å². The molecule has 1 aromatic carbocycles. The summed E-state index contributed by atoms with van der Waals surface area (Å²) < 4.78 is 14.2. The van der Waals surface area contributed by atoms with E-state index >= 15 is 0 Å². The average molecular weight is 275 g/mol. The molecule has 0 saturated carbocycles. The van der Waals surface area contributed by atoms with Crippen LogP contribution in [-0.4, -0.2) is 11.0 Å². The highest BCUT2D eigenvalue weighted by Crippen LogP contribution is 2.30. The maximum atomic E-state index is 14.2. The van der Waals surface area contributed by atoms with Gasteiger partial charge in [0.25, 0.3) is 0 Å². The summed E-state index contributed by atoms with van der Waals surface area (Å²) in [6.45, 7) is 6.44.